The van der Waals surface area contributed by atoms with Gasteiger partial charge in [-0.15, -0.1) is 0 Å². The van der Waals surface area contributed by atoms with Crippen molar-refractivity contribution in [2.45, 2.75) is 44.0 Å². The molecule has 0 aliphatic carbocycles. The summed E-state index contributed by atoms with van der Waals surface area (Å²) in [6.07, 6.45) is 1.39. The minimum atomic E-state index is -3.22. The van der Waals surface area contributed by atoms with Gasteiger partial charge in [-0.05, 0) is 45.4 Å². The van der Waals surface area contributed by atoms with Crippen molar-refractivity contribution in [3.63, 3.8) is 0 Å². The molecule has 0 saturated carbocycles. The first kappa shape index (κ1) is 16.0. The molecule has 0 aromatic heterocycles. The van der Waals surface area contributed by atoms with Crippen LogP contribution in [0, 0.1) is 0 Å². The summed E-state index contributed by atoms with van der Waals surface area (Å²) in [5.41, 5.74) is 6.01. The van der Waals surface area contributed by atoms with E-state index in [0.717, 1.165) is 6.42 Å². The molecule has 0 bridgehead atoms. The zero-order valence-corrected chi connectivity index (χ0v) is 12.8. The molecule has 0 radical (unpaired) electrons. The Hall–Kier alpha value is -1.07. The number of rotatable bonds is 7. The van der Waals surface area contributed by atoms with E-state index in [2.05, 4.69) is 5.32 Å². The number of para-hydroxylation sites is 1. The molecule has 0 saturated heterocycles. The van der Waals surface area contributed by atoms with E-state index in [1.807, 2.05) is 26.8 Å². The van der Waals surface area contributed by atoms with E-state index in [4.69, 9.17) is 5.73 Å². The second kappa shape index (κ2) is 6.39. The summed E-state index contributed by atoms with van der Waals surface area (Å²) in [6, 6.07) is 7.06. The van der Waals surface area contributed by atoms with Gasteiger partial charge >= 0.3 is 0 Å². The first-order valence-electron chi connectivity index (χ1n) is 6.62. The lowest BCUT2D eigenvalue weighted by Crippen LogP contribution is -2.34. The Kier molecular flexibility index (Phi) is 5.38. The van der Waals surface area contributed by atoms with Gasteiger partial charge in [0.05, 0.1) is 16.3 Å². The Bertz CT molecular complexity index is 510. The van der Waals surface area contributed by atoms with E-state index >= 15 is 0 Å². The molecule has 0 unspecified atom stereocenters. The Morgan fingerprint density at radius 1 is 1.26 bits per heavy atom. The smallest absolute Gasteiger partial charge is 0.180 e. The Balaban J connectivity index is 3.10. The molecule has 1 aromatic rings. The quantitative estimate of drug-likeness (QED) is 0.806. The maximum Gasteiger partial charge on any atom is 0.180 e. The molecule has 0 amide bonds. The van der Waals surface area contributed by atoms with Crippen LogP contribution in [0.3, 0.4) is 0 Å². The van der Waals surface area contributed by atoms with Crippen LogP contribution in [0.4, 0.5) is 5.69 Å². The Labute approximate surface area is 116 Å². The number of anilines is 1. The number of nitrogens with two attached hydrogens (primary N) is 1. The molecule has 0 aliphatic rings. The van der Waals surface area contributed by atoms with Crippen molar-refractivity contribution in [1.29, 1.82) is 0 Å². The molecule has 4 nitrogen and oxygen atoms in total. The maximum absolute atomic E-state index is 12.2. The van der Waals surface area contributed by atoms with Crippen molar-refractivity contribution in [2.75, 3.05) is 17.6 Å². The van der Waals surface area contributed by atoms with Crippen LogP contribution in [0.2, 0.25) is 0 Å². The standard InChI is InChI=1S/C14H24N2O2S/c1-4-11-19(17,18)13-8-6-5-7-12(13)16-14(2,3)9-10-15/h5-8,16H,4,9-11,15H2,1-3H3. The van der Waals surface area contributed by atoms with Gasteiger partial charge in [-0.2, -0.15) is 0 Å². The third-order valence-corrected chi connectivity index (χ3v) is 4.91. The van der Waals surface area contributed by atoms with Crippen molar-refractivity contribution in [3.05, 3.63) is 24.3 Å². The molecule has 0 spiro atoms. The lowest BCUT2D eigenvalue weighted by atomic mass is 10.0. The third kappa shape index (κ3) is 4.51. The lowest BCUT2D eigenvalue weighted by molar-refractivity contribution is 0.525. The van der Waals surface area contributed by atoms with Crippen LogP contribution in [-0.4, -0.2) is 26.3 Å². The topological polar surface area (TPSA) is 72.2 Å². The molecular formula is C14H24N2O2S. The van der Waals surface area contributed by atoms with Gasteiger partial charge in [-0.25, -0.2) is 8.42 Å². The van der Waals surface area contributed by atoms with Gasteiger partial charge in [0, 0.05) is 5.54 Å². The molecule has 5 heteroatoms. The van der Waals surface area contributed by atoms with Crippen LogP contribution < -0.4 is 11.1 Å². The van der Waals surface area contributed by atoms with E-state index < -0.39 is 9.84 Å². The van der Waals surface area contributed by atoms with Gasteiger partial charge in [0.25, 0.3) is 0 Å². The molecule has 3 N–H and O–H groups in total. The first-order chi connectivity index (χ1) is 8.82. The molecule has 1 rings (SSSR count). The number of hydrogen-bond acceptors (Lipinski definition) is 4. The normalized spacial score (nSPS) is 12.4. The zero-order chi connectivity index (χ0) is 14.5. The van der Waals surface area contributed by atoms with E-state index in [-0.39, 0.29) is 11.3 Å². The van der Waals surface area contributed by atoms with Gasteiger partial charge in [0.15, 0.2) is 9.84 Å². The fraction of sp³-hybridized carbons (Fsp3) is 0.571. The largest absolute Gasteiger partial charge is 0.379 e. The molecule has 0 aliphatic heterocycles. The summed E-state index contributed by atoms with van der Waals surface area (Å²) in [6.45, 7) is 6.46. The van der Waals surface area contributed by atoms with Gasteiger partial charge in [0.2, 0.25) is 0 Å². The Morgan fingerprint density at radius 2 is 1.89 bits per heavy atom. The van der Waals surface area contributed by atoms with Crippen LogP contribution in [0.15, 0.2) is 29.2 Å². The highest BCUT2D eigenvalue weighted by Gasteiger charge is 2.22. The second-order valence-corrected chi connectivity index (χ2v) is 7.44. The zero-order valence-electron chi connectivity index (χ0n) is 11.9. The fourth-order valence-electron chi connectivity index (χ4n) is 2.01. The van der Waals surface area contributed by atoms with Crippen molar-refractivity contribution in [1.82, 2.24) is 0 Å². The summed E-state index contributed by atoms with van der Waals surface area (Å²) in [5.74, 6) is 0.170. The molecular weight excluding hydrogens is 260 g/mol. The Morgan fingerprint density at radius 3 is 2.47 bits per heavy atom. The van der Waals surface area contributed by atoms with Crippen molar-refractivity contribution in [3.8, 4) is 0 Å². The average molecular weight is 284 g/mol. The number of nitrogens with one attached hydrogen (secondary N) is 1. The van der Waals surface area contributed by atoms with Crippen LogP contribution in [0.25, 0.3) is 0 Å². The molecule has 0 atom stereocenters. The summed E-state index contributed by atoms with van der Waals surface area (Å²) in [7, 11) is -3.22. The number of benzene rings is 1. The van der Waals surface area contributed by atoms with Gasteiger partial charge in [0.1, 0.15) is 0 Å². The van der Waals surface area contributed by atoms with Crippen molar-refractivity contribution >= 4 is 15.5 Å². The van der Waals surface area contributed by atoms with Crippen LogP contribution in [-0.2, 0) is 9.84 Å². The summed E-state index contributed by atoms with van der Waals surface area (Å²) in [4.78, 5) is 0.377. The predicted molar refractivity (Wildman–Crippen MR) is 80.2 cm³/mol. The maximum atomic E-state index is 12.2. The summed E-state index contributed by atoms with van der Waals surface area (Å²) < 4.78 is 24.5. The minimum Gasteiger partial charge on any atom is -0.379 e. The van der Waals surface area contributed by atoms with E-state index in [1.165, 1.54) is 0 Å². The van der Waals surface area contributed by atoms with Gasteiger partial charge < -0.3 is 11.1 Å². The minimum absolute atomic E-state index is 0.170. The molecule has 0 fully saturated rings. The monoisotopic (exact) mass is 284 g/mol. The highest BCUT2D eigenvalue weighted by molar-refractivity contribution is 7.91. The third-order valence-electron chi connectivity index (χ3n) is 2.94. The SMILES string of the molecule is CCCS(=O)(=O)c1ccccc1NC(C)(C)CCN. The lowest BCUT2D eigenvalue weighted by Gasteiger charge is -2.28. The van der Waals surface area contributed by atoms with Crippen LogP contribution in [0.1, 0.15) is 33.6 Å². The van der Waals surface area contributed by atoms with Crippen molar-refractivity contribution in [2.24, 2.45) is 5.73 Å². The van der Waals surface area contributed by atoms with Gasteiger partial charge in [-0.1, -0.05) is 19.1 Å². The first-order valence-corrected chi connectivity index (χ1v) is 8.27. The molecule has 1 aromatic carbocycles. The average Bonchev–Trinajstić information content (AvgIpc) is 2.28. The number of hydrogen-bond donors (Lipinski definition) is 2. The van der Waals surface area contributed by atoms with E-state index in [9.17, 15) is 8.42 Å². The van der Waals surface area contributed by atoms with Crippen molar-refractivity contribution < 1.29 is 8.42 Å². The fourth-order valence-corrected chi connectivity index (χ4v) is 3.51. The van der Waals surface area contributed by atoms with E-state index in [1.54, 1.807) is 18.2 Å². The summed E-state index contributed by atoms with van der Waals surface area (Å²) >= 11 is 0. The summed E-state index contributed by atoms with van der Waals surface area (Å²) in [5, 5.41) is 3.29. The second-order valence-electron chi connectivity index (χ2n) is 5.36. The number of sulfone groups is 1. The van der Waals surface area contributed by atoms with Crippen LogP contribution in [0.5, 0.6) is 0 Å². The van der Waals surface area contributed by atoms with Gasteiger partial charge in [-0.3, -0.25) is 0 Å². The highest BCUT2D eigenvalue weighted by atomic mass is 32.2. The molecule has 0 heterocycles. The molecule has 19 heavy (non-hydrogen) atoms. The van der Waals surface area contributed by atoms with E-state index in [0.29, 0.717) is 23.5 Å². The highest BCUT2D eigenvalue weighted by Crippen LogP contribution is 2.26. The van der Waals surface area contributed by atoms with Crippen LogP contribution >= 0.6 is 0 Å². The molecule has 108 valence electrons. The predicted octanol–water partition coefficient (Wildman–Crippen LogP) is 2.41.